The van der Waals surface area contributed by atoms with Crippen molar-refractivity contribution in [3.05, 3.63) is 29.3 Å². The van der Waals surface area contributed by atoms with Crippen LogP contribution in [0.5, 0.6) is 5.75 Å². The van der Waals surface area contributed by atoms with Crippen LogP contribution in [0.1, 0.15) is 22.3 Å². The van der Waals surface area contributed by atoms with Gasteiger partial charge in [-0.25, -0.2) is 4.79 Å². The molecule has 1 aromatic carbocycles. The third-order valence-electron chi connectivity index (χ3n) is 2.32. The zero-order valence-corrected chi connectivity index (χ0v) is 9.80. The first-order valence-corrected chi connectivity index (χ1v) is 5.22. The maximum atomic E-state index is 11.8. The van der Waals surface area contributed by atoms with E-state index in [1.54, 1.807) is 13.0 Å². The summed E-state index contributed by atoms with van der Waals surface area (Å²) < 4.78 is 0. The van der Waals surface area contributed by atoms with Gasteiger partial charge >= 0.3 is 5.97 Å². The molecule has 0 radical (unpaired) electrons. The molecule has 0 heterocycles. The van der Waals surface area contributed by atoms with E-state index in [-0.39, 0.29) is 17.7 Å². The van der Waals surface area contributed by atoms with Gasteiger partial charge in [-0.3, -0.25) is 4.79 Å². The van der Waals surface area contributed by atoms with E-state index in [1.165, 1.54) is 12.1 Å². The summed E-state index contributed by atoms with van der Waals surface area (Å²) in [5, 5.41) is 20.7. The molecule has 1 atom stereocenters. The number of carbonyl (C=O) groups excluding carboxylic acids is 1. The van der Waals surface area contributed by atoms with Gasteiger partial charge in [0.1, 0.15) is 11.8 Å². The third-order valence-corrected chi connectivity index (χ3v) is 2.32. The maximum absolute atomic E-state index is 11.8. The number of phenols is 1. The highest BCUT2D eigenvalue weighted by Gasteiger charge is 2.21. The molecule has 0 aliphatic rings. The minimum absolute atomic E-state index is 0.0175. The third kappa shape index (κ3) is 3.25. The fourth-order valence-electron chi connectivity index (χ4n) is 1.39. The number of aromatic hydroxyl groups is 1. The Labute approximate surface area is 104 Å². The number of aliphatic carboxylic acids is 1. The molecule has 0 aliphatic carbocycles. The van der Waals surface area contributed by atoms with Crippen molar-refractivity contribution >= 4 is 11.9 Å². The first kappa shape index (κ1) is 13.6. The van der Waals surface area contributed by atoms with Gasteiger partial charge in [0.25, 0.3) is 5.91 Å². The van der Waals surface area contributed by atoms with Gasteiger partial charge in [-0.1, -0.05) is 6.07 Å². The maximum Gasteiger partial charge on any atom is 0.327 e. The van der Waals surface area contributed by atoms with Crippen LogP contribution in [0.2, 0.25) is 0 Å². The Bertz CT molecular complexity index is 516. The van der Waals surface area contributed by atoms with Crippen molar-refractivity contribution in [2.75, 3.05) is 0 Å². The Morgan fingerprint density at radius 1 is 1.50 bits per heavy atom. The van der Waals surface area contributed by atoms with E-state index in [0.717, 1.165) is 5.56 Å². The fourth-order valence-corrected chi connectivity index (χ4v) is 1.39. The Kier molecular flexibility index (Phi) is 4.33. The minimum Gasteiger partial charge on any atom is -0.507 e. The lowest BCUT2D eigenvalue weighted by molar-refractivity contribution is -0.139. The van der Waals surface area contributed by atoms with Crippen LogP contribution in [0.4, 0.5) is 0 Å². The van der Waals surface area contributed by atoms with Crippen LogP contribution in [0.3, 0.4) is 0 Å². The van der Waals surface area contributed by atoms with Gasteiger partial charge in [-0.2, -0.15) is 0 Å². The van der Waals surface area contributed by atoms with Gasteiger partial charge < -0.3 is 15.5 Å². The molecular weight excluding hydrogens is 234 g/mol. The zero-order valence-electron chi connectivity index (χ0n) is 9.80. The topological polar surface area (TPSA) is 86.6 Å². The monoisotopic (exact) mass is 247 g/mol. The van der Waals surface area contributed by atoms with Crippen LogP contribution >= 0.6 is 0 Å². The number of hydrogen-bond donors (Lipinski definition) is 3. The predicted molar refractivity (Wildman–Crippen MR) is 65.2 cm³/mol. The zero-order chi connectivity index (χ0) is 13.7. The van der Waals surface area contributed by atoms with E-state index in [9.17, 15) is 14.7 Å². The molecule has 3 N–H and O–H groups in total. The highest BCUT2D eigenvalue weighted by atomic mass is 16.4. The Morgan fingerprint density at radius 2 is 2.17 bits per heavy atom. The van der Waals surface area contributed by atoms with Crippen molar-refractivity contribution in [1.29, 1.82) is 0 Å². The molecular formula is C13H13NO4. The largest absolute Gasteiger partial charge is 0.507 e. The lowest BCUT2D eigenvalue weighted by atomic mass is 10.1. The van der Waals surface area contributed by atoms with E-state index in [4.69, 9.17) is 11.5 Å². The molecule has 5 heteroatoms. The summed E-state index contributed by atoms with van der Waals surface area (Å²) in [7, 11) is 0. The first-order chi connectivity index (χ1) is 8.45. The standard InChI is InChI=1S/C13H13NO4/c1-3-4-10(13(17)18)14-12(16)9-6-5-8(2)7-11(9)15/h1,5-7,10,15H,4H2,2H3,(H,14,16)(H,17,18). The molecule has 18 heavy (non-hydrogen) atoms. The molecule has 0 saturated carbocycles. The van der Waals surface area contributed by atoms with Gasteiger partial charge in [-0.15, -0.1) is 12.3 Å². The molecule has 0 spiro atoms. The summed E-state index contributed by atoms with van der Waals surface area (Å²) in [6.45, 7) is 1.76. The van der Waals surface area contributed by atoms with Crippen molar-refractivity contribution in [2.45, 2.75) is 19.4 Å². The number of aryl methyl sites for hydroxylation is 1. The number of benzene rings is 1. The van der Waals surface area contributed by atoms with Crippen LogP contribution in [-0.2, 0) is 4.79 Å². The predicted octanol–water partition coefficient (Wildman–Crippen LogP) is 0.907. The summed E-state index contributed by atoms with van der Waals surface area (Å²) in [6.07, 6.45) is 4.90. The summed E-state index contributed by atoms with van der Waals surface area (Å²) in [5.74, 6) is 0.0887. The molecule has 5 nitrogen and oxygen atoms in total. The Hall–Kier alpha value is -2.48. The van der Waals surface area contributed by atoms with E-state index >= 15 is 0 Å². The summed E-state index contributed by atoms with van der Waals surface area (Å²) in [6, 6.07) is 3.33. The number of phenolic OH excluding ortho intramolecular Hbond substituents is 1. The van der Waals surface area contributed by atoms with E-state index in [0.29, 0.717) is 0 Å². The van der Waals surface area contributed by atoms with Crippen molar-refractivity contribution in [3.8, 4) is 18.1 Å². The summed E-state index contributed by atoms with van der Waals surface area (Å²) in [4.78, 5) is 22.6. The summed E-state index contributed by atoms with van der Waals surface area (Å²) >= 11 is 0. The number of hydrogen-bond acceptors (Lipinski definition) is 3. The number of nitrogens with one attached hydrogen (secondary N) is 1. The second kappa shape index (κ2) is 5.73. The number of carboxylic acid groups (broad SMARTS) is 1. The fraction of sp³-hybridized carbons (Fsp3) is 0.231. The van der Waals surface area contributed by atoms with Gasteiger partial charge in [0.2, 0.25) is 0 Å². The molecule has 1 amide bonds. The second-order valence-corrected chi connectivity index (χ2v) is 3.79. The van der Waals surface area contributed by atoms with E-state index in [1.807, 2.05) is 0 Å². The van der Waals surface area contributed by atoms with Gasteiger partial charge in [0.05, 0.1) is 5.56 Å². The molecule has 0 aliphatic heterocycles. The number of terminal acetylenes is 1. The van der Waals surface area contributed by atoms with E-state index in [2.05, 4.69) is 11.2 Å². The van der Waals surface area contributed by atoms with Crippen molar-refractivity contribution in [1.82, 2.24) is 5.32 Å². The SMILES string of the molecule is C#CCC(NC(=O)c1ccc(C)cc1O)C(=O)O. The molecule has 0 fully saturated rings. The number of carbonyl (C=O) groups is 2. The van der Waals surface area contributed by atoms with Gasteiger partial charge in [-0.05, 0) is 24.6 Å². The number of amides is 1. The smallest absolute Gasteiger partial charge is 0.327 e. The quantitative estimate of drug-likeness (QED) is 0.690. The lowest BCUT2D eigenvalue weighted by Crippen LogP contribution is -2.40. The van der Waals surface area contributed by atoms with Crippen molar-refractivity contribution in [2.24, 2.45) is 0 Å². The highest BCUT2D eigenvalue weighted by molar-refractivity contribution is 5.98. The molecule has 0 bridgehead atoms. The van der Waals surface area contributed by atoms with Crippen LogP contribution < -0.4 is 5.32 Å². The average molecular weight is 247 g/mol. The first-order valence-electron chi connectivity index (χ1n) is 5.22. The average Bonchev–Trinajstić information content (AvgIpc) is 2.27. The molecule has 0 saturated heterocycles. The second-order valence-electron chi connectivity index (χ2n) is 3.79. The Morgan fingerprint density at radius 3 is 2.67 bits per heavy atom. The van der Waals surface area contributed by atoms with Crippen molar-refractivity contribution in [3.63, 3.8) is 0 Å². The molecule has 1 aromatic rings. The normalized spacial score (nSPS) is 11.3. The van der Waals surface area contributed by atoms with Crippen LogP contribution in [-0.4, -0.2) is 28.1 Å². The molecule has 1 rings (SSSR count). The van der Waals surface area contributed by atoms with Crippen molar-refractivity contribution < 1.29 is 19.8 Å². The Balaban J connectivity index is 2.87. The number of carboxylic acids is 1. The molecule has 94 valence electrons. The van der Waals surface area contributed by atoms with Crippen LogP contribution in [0, 0.1) is 19.3 Å². The van der Waals surface area contributed by atoms with Crippen LogP contribution in [0.15, 0.2) is 18.2 Å². The summed E-state index contributed by atoms with van der Waals surface area (Å²) in [5.41, 5.74) is 0.811. The lowest BCUT2D eigenvalue weighted by Gasteiger charge is -2.12. The van der Waals surface area contributed by atoms with Gasteiger partial charge in [0, 0.05) is 6.42 Å². The highest BCUT2D eigenvalue weighted by Crippen LogP contribution is 2.18. The molecule has 1 unspecified atom stereocenters. The minimum atomic E-state index is -1.21. The van der Waals surface area contributed by atoms with Crippen LogP contribution in [0.25, 0.3) is 0 Å². The van der Waals surface area contributed by atoms with E-state index < -0.39 is 17.9 Å². The molecule has 0 aromatic heterocycles. The van der Waals surface area contributed by atoms with Gasteiger partial charge in [0.15, 0.2) is 0 Å². The number of rotatable bonds is 4.